The van der Waals surface area contributed by atoms with Crippen molar-refractivity contribution in [1.82, 2.24) is 0 Å². The molecule has 0 aromatic rings. The van der Waals surface area contributed by atoms with Gasteiger partial charge in [0.25, 0.3) is 0 Å². The molecule has 0 aliphatic heterocycles. The fourth-order valence-corrected chi connectivity index (χ4v) is 0. The molecule has 0 fully saturated rings. The third-order valence-electron chi connectivity index (χ3n) is 0.109. The van der Waals surface area contributed by atoms with E-state index in [0.29, 0.717) is 0 Å². The first-order valence-electron chi connectivity index (χ1n) is 1.18. The number of hydrogen-bond acceptors (Lipinski definition) is 0. The van der Waals surface area contributed by atoms with Crippen LogP contribution in [0.4, 0.5) is 0 Å². The minimum atomic E-state index is 0. The molecule has 0 saturated heterocycles. The summed E-state index contributed by atoms with van der Waals surface area (Å²) >= 11 is 5.04. The van der Waals surface area contributed by atoms with Gasteiger partial charge in [-0.25, -0.2) is 0 Å². The standard InChI is InChI=1S/C2H6AsBr.BrH/c3-1-2-4;/h1-3H2;1H. The Morgan fingerprint density at radius 1 is 1.60 bits per heavy atom. The summed E-state index contributed by atoms with van der Waals surface area (Å²) in [4.78, 5) is 0. The van der Waals surface area contributed by atoms with E-state index in [1.54, 1.807) is 16.9 Å². The molecule has 0 aromatic heterocycles. The second-order valence-corrected chi connectivity index (χ2v) is 2.48. The number of halogens is 2. The maximum absolute atomic E-state index is 3.26. The quantitative estimate of drug-likeness (QED) is 0.490. The average molecular weight is 266 g/mol. The molecule has 0 bridgehead atoms. The molecule has 0 radical (unpaired) electrons. The first-order chi connectivity index (χ1) is 1.91. The molecular formula is C2H7AsBr2. The van der Waals surface area contributed by atoms with Gasteiger partial charge in [0.05, 0.1) is 0 Å². The Bertz CT molecular complexity index is 9.61. The number of hydrogen-bond donors (Lipinski definition) is 0. The van der Waals surface area contributed by atoms with Crippen molar-refractivity contribution in [3.05, 3.63) is 0 Å². The van der Waals surface area contributed by atoms with Crippen LogP contribution in [0.1, 0.15) is 0 Å². The van der Waals surface area contributed by atoms with Gasteiger partial charge < -0.3 is 0 Å². The van der Waals surface area contributed by atoms with Gasteiger partial charge >= 0.3 is 43.3 Å². The summed E-state index contributed by atoms with van der Waals surface area (Å²) in [5.74, 6) is 0. The predicted octanol–water partition coefficient (Wildman–Crippen LogP) is 1.01. The van der Waals surface area contributed by atoms with Crippen LogP contribution in [0.2, 0.25) is 5.21 Å². The van der Waals surface area contributed by atoms with Crippen molar-refractivity contribution in [3.8, 4) is 0 Å². The van der Waals surface area contributed by atoms with Crippen molar-refractivity contribution in [1.29, 1.82) is 0 Å². The van der Waals surface area contributed by atoms with Crippen molar-refractivity contribution in [2.75, 3.05) is 5.33 Å². The van der Waals surface area contributed by atoms with Crippen LogP contribution in [0.15, 0.2) is 0 Å². The van der Waals surface area contributed by atoms with Crippen LogP contribution in [-0.2, 0) is 0 Å². The second-order valence-electron chi connectivity index (χ2n) is 0.478. The van der Waals surface area contributed by atoms with Crippen LogP contribution in [0.5, 0.6) is 0 Å². The Morgan fingerprint density at radius 2 is 1.80 bits per heavy atom. The normalized spacial score (nSPS) is 6.00. The molecule has 0 aromatic carbocycles. The molecule has 34 valence electrons. The summed E-state index contributed by atoms with van der Waals surface area (Å²) in [6, 6.07) is 0. The van der Waals surface area contributed by atoms with Gasteiger partial charge in [0.1, 0.15) is 0 Å². The van der Waals surface area contributed by atoms with Gasteiger partial charge in [-0.2, -0.15) is 0 Å². The van der Waals surface area contributed by atoms with Gasteiger partial charge in [0.15, 0.2) is 0 Å². The van der Waals surface area contributed by atoms with Crippen LogP contribution in [0.25, 0.3) is 0 Å². The summed E-state index contributed by atoms with van der Waals surface area (Å²) in [5, 5.41) is 2.46. The Labute approximate surface area is 60.1 Å². The van der Waals surface area contributed by atoms with Gasteiger partial charge in [-0.3, -0.25) is 0 Å². The van der Waals surface area contributed by atoms with E-state index in [0.717, 1.165) is 5.33 Å². The zero-order chi connectivity index (χ0) is 3.41. The fourth-order valence-electron chi connectivity index (χ4n) is 0. The molecular weight excluding hydrogens is 259 g/mol. The molecule has 0 aliphatic rings. The summed E-state index contributed by atoms with van der Waals surface area (Å²) in [6.07, 6.45) is 0. The van der Waals surface area contributed by atoms with Crippen molar-refractivity contribution in [2.45, 2.75) is 5.21 Å². The van der Waals surface area contributed by atoms with Crippen molar-refractivity contribution in [2.24, 2.45) is 0 Å². The monoisotopic (exact) mass is 264 g/mol. The molecule has 0 heterocycles. The summed E-state index contributed by atoms with van der Waals surface area (Å²) < 4.78 is 0. The summed E-state index contributed by atoms with van der Waals surface area (Å²) in [6.45, 7) is 0. The summed E-state index contributed by atoms with van der Waals surface area (Å²) in [7, 11) is 0. The van der Waals surface area contributed by atoms with Crippen LogP contribution >= 0.6 is 32.9 Å². The summed E-state index contributed by atoms with van der Waals surface area (Å²) in [5.41, 5.74) is 0. The first kappa shape index (κ1) is 9.72. The topological polar surface area (TPSA) is 0 Å². The predicted molar refractivity (Wildman–Crippen MR) is 37.5 cm³/mol. The van der Waals surface area contributed by atoms with E-state index in [1.165, 1.54) is 5.21 Å². The number of alkyl halides is 1. The molecule has 1 atom stereocenters. The van der Waals surface area contributed by atoms with E-state index in [2.05, 4.69) is 15.9 Å². The van der Waals surface area contributed by atoms with Gasteiger partial charge in [-0.1, -0.05) is 0 Å². The van der Waals surface area contributed by atoms with Crippen molar-refractivity contribution < 1.29 is 0 Å². The molecule has 0 spiro atoms. The minimum absolute atomic E-state index is 0. The van der Waals surface area contributed by atoms with E-state index < -0.39 is 0 Å². The molecule has 0 rings (SSSR count). The molecule has 1 unspecified atom stereocenters. The molecule has 0 aliphatic carbocycles. The SMILES string of the molecule is Br.[AsH2]CCBr. The van der Waals surface area contributed by atoms with Gasteiger partial charge in [-0.15, -0.1) is 17.0 Å². The van der Waals surface area contributed by atoms with Crippen molar-refractivity contribution >= 4 is 49.8 Å². The second kappa shape index (κ2) is 9.10. The zero-order valence-corrected chi connectivity index (χ0v) is 8.50. The Hall–Kier alpha value is 1.52. The number of rotatable bonds is 1. The molecule has 5 heavy (non-hydrogen) atoms. The third kappa shape index (κ3) is 10.8. The molecule has 0 amide bonds. The van der Waals surface area contributed by atoms with E-state index in [-0.39, 0.29) is 17.0 Å². The maximum atomic E-state index is 3.26. The van der Waals surface area contributed by atoms with Crippen LogP contribution < -0.4 is 0 Å². The van der Waals surface area contributed by atoms with Gasteiger partial charge in [0, 0.05) is 0 Å². The van der Waals surface area contributed by atoms with E-state index >= 15 is 0 Å². The van der Waals surface area contributed by atoms with Crippen LogP contribution in [0.3, 0.4) is 0 Å². The van der Waals surface area contributed by atoms with Crippen LogP contribution in [-0.4, -0.2) is 22.2 Å². The molecule has 0 saturated carbocycles. The van der Waals surface area contributed by atoms with E-state index in [1.807, 2.05) is 0 Å². The molecule has 3 heteroatoms. The Balaban J connectivity index is 0. The fraction of sp³-hybridized carbons (Fsp3) is 1.00. The van der Waals surface area contributed by atoms with Crippen LogP contribution in [0, 0.1) is 0 Å². The molecule has 0 nitrogen and oxygen atoms in total. The van der Waals surface area contributed by atoms with Gasteiger partial charge in [-0.05, 0) is 0 Å². The van der Waals surface area contributed by atoms with E-state index in [4.69, 9.17) is 0 Å². The van der Waals surface area contributed by atoms with Crippen molar-refractivity contribution in [3.63, 3.8) is 0 Å². The first-order valence-corrected chi connectivity index (χ1v) is 4.01. The molecule has 0 N–H and O–H groups in total. The zero-order valence-electron chi connectivity index (χ0n) is 2.78. The Morgan fingerprint density at radius 3 is 1.80 bits per heavy atom. The van der Waals surface area contributed by atoms with Gasteiger partial charge in [0.2, 0.25) is 0 Å². The Kier molecular flexibility index (Phi) is 17.7. The third-order valence-corrected chi connectivity index (χ3v) is 2.95. The van der Waals surface area contributed by atoms with E-state index in [9.17, 15) is 0 Å². The average Bonchev–Trinajstić information content (AvgIpc) is 1.37.